The lowest BCUT2D eigenvalue weighted by molar-refractivity contribution is 0.892. The van der Waals surface area contributed by atoms with Crippen LogP contribution in [0.2, 0.25) is 0 Å². The molecule has 106 valence electrons. The molecule has 5 nitrogen and oxygen atoms in total. The third-order valence-electron chi connectivity index (χ3n) is 3.80. The Morgan fingerprint density at radius 3 is 2.76 bits per heavy atom. The highest BCUT2D eigenvalue weighted by atomic mass is 79.9. The normalized spacial score (nSPS) is 15.0. The molecule has 0 atom stereocenters. The number of hydrogen-bond donors (Lipinski definition) is 0. The van der Waals surface area contributed by atoms with Gasteiger partial charge in [0.15, 0.2) is 5.65 Å². The van der Waals surface area contributed by atoms with E-state index >= 15 is 0 Å². The van der Waals surface area contributed by atoms with E-state index in [0.717, 1.165) is 40.1 Å². The number of rotatable bonds is 2. The average Bonchev–Trinajstić information content (AvgIpc) is 3.16. The smallest absolute Gasteiger partial charge is 0.168 e. The fourth-order valence-corrected chi connectivity index (χ4v) is 3.20. The molecule has 21 heavy (non-hydrogen) atoms. The second-order valence-corrected chi connectivity index (χ2v) is 6.08. The summed E-state index contributed by atoms with van der Waals surface area (Å²) in [6, 6.07) is 8.05. The molecule has 1 aliphatic rings. The van der Waals surface area contributed by atoms with Crippen molar-refractivity contribution in [3.05, 3.63) is 41.3 Å². The van der Waals surface area contributed by atoms with E-state index in [0.29, 0.717) is 0 Å². The molecule has 6 heteroatoms. The van der Waals surface area contributed by atoms with Crippen LogP contribution in [0, 0.1) is 0 Å². The summed E-state index contributed by atoms with van der Waals surface area (Å²) in [5.41, 5.74) is 1.84. The first kappa shape index (κ1) is 12.8. The Kier molecular flexibility index (Phi) is 3.11. The number of aromatic nitrogens is 4. The molecule has 1 fully saturated rings. The van der Waals surface area contributed by atoms with Crippen molar-refractivity contribution in [3.63, 3.8) is 0 Å². The van der Waals surface area contributed by atoms with Gasteiger partial charge < -0.3 is 4.90 Å². The van der Waals surface area contributed by atoms with Crippen molar-refractivity contribution in [3.8, 4) is 5.69 Å². The molecular weight excluding hydrogens is 330 g/mol. The molecular formula is C15H14BrN5. The first-order valence-corrected chi connectivity index (χ1v) is 7.82. The Bertz CT molecular complexity index is 792. The molecule has 0 spiro atoms. The highest BCUT2D eigenvalue weighted by Gasteiger charge is 2.19. The van der Waals surface area contributed by atoms with Crippen molar-refractivity contribution < 1.29 is 0 Å². The highest BCUT2D eigenvalue weighted by molar-refractivity contribution is 9.10. The molecule has 0 saturated carbocycles. The van der Waals surface area contributed by atoms with Crippen LogP contribution in [0.5, 0.6) is 0 Å². The summed E-state index contributed by atoms with van der Waals surface area (Å²) in [6.07, 6.45) is 5.95. The molecule has 1 aliphatic heterocycles. The number of fused-ring (bicyclic) bond motifs is 1. The molecule has 0 amide bonds. The Hall–Kier alpha value is -1.95. The summed E-state index contributed by atoms with van der Waals surface area (Å²) >= 11 is 3.50. The monoisotopic (exact) mass is 343 g/mol. The Balaban J connectivity index is 1.87. The van der Waals surface area contributed by atoms with Gasteiger partial charge in [-0.3, -0.25) is 0 Å². The van der Waals surface area contributed by atoms with Crippen LogP contribution in [-0.2, 0) is 0 Å². The maximum Gasteiger partial charge on any atom is 0.168 e. The van der Waals surface area contributed by atoms with Crippen molar-refractivity contribution in [2.45, 2.75) is 12.8 Å². The van der Waals surface area contributed by atoms with Crippen LogP contribution in [0.15, 0.2) is 41.3 Å². The third-order valence-corrected chi connectivity index (χ3v) is 4.30. The van der Waals surface area contributed by atoms with Crippen molar-refractivity contribution in [1.29, 1.82) is 0 Å². The van der Waals surface area contributed by atoms with Crippen LogP contribution in [0.25, 0.3) is 16.7 Å². The summed E-state index contributed by atoms with van der Waals surface area (Å²) in [5, 5.41) is 5.52. The number of nitrogens with zero attached hydrogens (tertiary/aromatic N) is 5. The summed E-state index contributed by atoms with van der Waals surface area (Å²) in [4.78, 5) is 11.2. The van der Waals surface area contributed by atoms with Gasteiger partial charge in [-0.2, -0.15) is 5.10 Å². The predicted molar refractivity (Wildman–Crippen MR) is 85.8 cm³/mol. The second kappa shape index (κ2) is 5.11. The van der Waals surface area contributed by atoms with Gasteiger partial charge >= 0.3 is 0 Å². The number of halogens is 1. The highest BCUT2D eigenvalue weighted by Crippen LogP contribution is 2.27. The van der Waals surface area contributed by atoms with E-state index in [2.05, 4.69) is 35.9 Å². The molecule has 1 saturated heterocycles. The first-order chi connectivity index (χ1) is 10.3. The first-order valence-electron chi connectivity index (χ1n) is 7.02. The van der Waals surface area contributed by atoms with Gasteiger partial charge in [0.05, 0.1) is 17.3 Å². The standard InChI is InChI=1S/C15H14BrN5/c16-11-4-3-5-12(8-11)21-15-13(9-19-21)14(17-10-18-15)20-6-1-2-7-20/h3-5,8-10H,1-2,6-7H2. The topological polar surface area (TPSA) is 46.8 Å². The third kappa shape index (κ3) is 2.19. The van der Waals surface area contributed by atoms with E-state index in [1.807, 2.05) is 35.1 Å². The maximum atomic E-state index is 4.51. The summed E-state index contributed by atoms with van der Waals surface area (Å²) in [6.45, 7) is 2.13. The minimum Gasteiger partial charge on any atom is -0.356 e. The summed E-state index contributed by atoms with van der Waals surface area (Å²) < 4.78 is 2.89. The van der Waals surface area contributed by atoms with Crippen LogP contribution in [-0.4, -0.2) is 32.8 Å². The molecule has 1 aromatic carbocycles. The Morgan fingerprint density at radius 1 is 1.10 bits per heavy atom. The molecule has 3 heterocycles. The van der Waals surface area contributed by atoms with Crippen LogP contribution in [0.4, 0.5) is 5.82 Å². The van der Waals surface area contributed by atoms with E-state index in [1.54, 1.807) is 6.33 Å². The lowest BCUT2D eigenvalue weighted by Crippen LogP contribution is -2.19. The molecule has 0 bridgehead atoms. The molecule has 2 aromatic heterocycles. The van der Waals surface area contributed by atoms with Crippen LogP contribution in [0.1, 0.15) is 12.8 Å². The fraction of sp³-hybridized carbons (Fsp3) is 0.267. The summed E-state index contributed by atoms with van der Waals surface area (Å²) in [5.74, 6) is 0.999. The van der Waals surface area contributed by atoms with E-state index in [-0.39, 0.29) is 0 Å². The van der Waals surface area contributed by atoms with Gasteiger partial charge in [0, 0.05) is 17.6 Å². The van der Waals surface area contributed by atoms with Crippen LogP contribution < -0.4 is 4.90 Å². The van der Waals surface area contributed by atoms with Crippen molar-refractivity contribution in [2.75, 3.05) is 18.0 Å². The summed E-state index contributed by atoms with van der Waals surface area (Å²) in [7, 11) is 0. The Morgan fingerprint density at radius 2 is 1.95 bits per heavy atom. The molecule has 0 radical (unpaired) electrons. The molecule has 0 unspecified atom stereocenters. The molecule has 0 aliphatic carbocycles. The zero-order chi connectivity index (χ0) is 14.2. The van der Waals surface area contributed by atoms with Gasteiger partial charge in [0.25, 0.3) is 0 Å². The van der Waals surface area contributed by atoms with Gasteiger partial charge in [0.1, 0.15) is 12.1 Å². The van der Waals surface area contributed by atoms with Gasteiger partial charge in [-0.25, -0.2) is 14.6 Å². The minimum absolute atomic E-state index is 0.852. The number of benzene rings is 1. The Labute approximate surface area is 130 Å². The largest absolute Gasteiger partial charge is 0.356 e. The average molecular weight is 344 g/mol. The van der Waals surface area contributed by atoms with Crippen LogP contribution in [0.3, 0.4) is 0 Å². The van der Waals surface area contributed by atoms with E-state index in [9.17, 15) is 0 Å². The van der Waals surface area contributed by atoms with Gasteiger partial charge in [-0.05, 0) is 31.0 Å². The zero-order valence-electron chi connectivity index (χ0n) is 11.4. The predicted octanol–water partition coefficient (Wildman–Crippen LogP) is 3.18. The number of anilines is 1. The lowest BCUT2D eigenvalue weighted by Gasteiger charge is -2.16. The molecule has 4 rings (SSSR count). The van der Waals surface area contributed by atoms with Gasteiger partial charge in [0.2, 0.25) is 0 Å². The zero-order valence-corrected chi connectivity index (χ0v) is 13.0. The maximum absolute atomic E-state index is 4.51. The molecule has 0 N–H and O–H groups in total. The second-order valence-electron chi connectivity index (χ2n) is 5.16. The lowest BCUT2D eigenvalue weighted by atomic mass is 10.3. The van der Waals surface area contributed by atoms with Crippen molar-refractivity contribution in [1.82, 2.24) is 19.7 Å². The minimum atomic E-state index is 0.852. The van der Waals surface area contributed by atoms with E-state index in [1.165, 1.54) is 12.8 Å². The number of hydrogen-bond acceptors (Lipinski definition) is 4. The van der Waals surface area contributed by atoms with Crippen LogP contribution >= 0.6 is 15.9 Å². The SMILES string of the molecule is Brc1cccc(-n2ncc3c(N4CCCC4)ncnc32)c1. The van der Waals surface area contributed by atoms with E-state index in [4.69, 9.17) is 0 Å². The van der Waals surface area contributed by atoms with Crippen molar-refractivity contribution in [2.24, 2.45) is 0 Å². The van der Waals surface area contributed by atoms with E-state index < -0.39 is 0 Å². The van der Waals surface area contributed by atoms with Crippen molar-refractivity contribution >= 4 is 32.8 Å². The van der Waals surface area contributed by atoms with Gasteiger partial charge in [-0.15, -0.1) is 0 Å². The van der Waals surface area contributed by atoms with Gasteiger partial charge in [-0.1, -0.05) is 22.0 Å². The quantitative estimate of drug-likeness (QED) is 0.716. The fourth-order valence-electron chi connectivity index (χ4n) is 2.81. The molecule has 3 aromatic rings.